The third kappa shape index (κ3) is 4.44. The number of benzene rings is 1. The summed E-state index contributed by atoms with van der Waals surface area (Å²) in [4.78, 5) is 12.0. The van der Waals surface area contributed by atoms with Crippen molar-refractivity contribution in [2.45, 2.75) is 38.1 Å². The van der Waals surface area contributed by atoms with E-state index in [4.69, 9.17) is 11.1 Å². The predicted octanol–water partition coefficient (Wildman–Crippen LogP) is 2.83. The van der Waals surface area contributed by atoms with Crippen LogP contribution in [0.3, 0.4) is 0 Å². The summed E-state index contributed by atoms with van der Waals surface area (Å²) in [5.41, 5.74) is 5.99. The van der Waals surface area contributed by atoms with Crippen molar-refractivity contribution >= 4 is 17.6 Å². The lowest BCUT2D eigenvalue weighted by atomic mass is 9.83. The molecule has 1 aliphatic carbocycles. The van der Waals surface area contributed by atoms with Crippen molar-refractivity contribution in [3.63, 3.8) is 0 Å². The smallest absolute Gasteiger partial charge is 0.319 e. The maximum absolute atomic E-state index is 13.1. The number of hydrogen-bond acceptors (Lipinski definition) is 2. The summed E-state index contributed by atoms with van der Waals surface area (Å²) in [5.74, 6) is -0.242. The molecule has 0 radical (unpaired) electrons. The molecular weight excluding hydrogens is 271 g/mol. The molecule has 0 spiro atoms. The van der Waals surface area contributed by atoms with E-state index in [1.165, 1.54) is 24.6 Å². The van der Waals surface area contributed by atoms with E-state index in [-0.39, 0.29) is 11.8 Å². The minimum Gasteiger partial charge on any atom is -0.386 e. The highest BCUT2D eigenvalue weighted by Crippen LogP contribution is 2.26. The van der Waals surface area contributed by atoms with Crippen molar-refractivity contribution < 1.29 is 9.18 Å². The van der Waals surface area contributed by atoms with Crippen LogP contribution in [0.25, 0.3) is 0 Å². The van der Waals surface area contributed by atoms with Gasteiger partial charge in [-0.3, -0.25) is 5.41 Å². The zero-order valence-corrected chi connectivity index (χ0v) is 11.9. The first-order valence-electron chi connectivity index (χ1n) is 7.23. The fraction of sp³-hybridized carbons (Fsp3) is 0.467. The summed E-state index contributed by atoms with van der Waals surface area (Å²) in [6.45, 7) is 0. The molecule has 21 heavy (non-hydrogen) atoms. The Hall–Kier alpha value is -2.11. The topological polar surface area (TPSA) is 91.0 Å². The highest BCUT2D eigenvalue weighted by Gasteiger charge is 2.27. The van der Waals surface area contributed by atoms with Gasteiger partial charge in [-0.25, -0.2) is 9.18 Å². The lowest BCUT2D eigenvalue weighted by molar-refractivity contribution is 0.242. The van der Waals surface area contributed by atoms with Crippen LogP contribution in [0.2, 0.25) is 0 Å². The van der Waals surface area contributed by atoms with Gasteiger partial charge in [-0.2, -0.15) is 0 Å². The Morgan fingerprint density at radius 2 is 2.05 bits per heavy atom. The number of rotatable bonds is 4. The van der Waals surface area contributed by atoms with Crippen LogP contribution in [0.15, 0.2) is 24.3 Å². The second-order valence-electron chi connectivity index (χ2n) is 5.44. The van der Waals surface area contributed by atoms with Crippen LogP contribution < -0.4 is 16.4 Å². The van der Waals surface area contributed by atoms with E-state index in [1.54, 1.807) is 6.07 Å². The van der Waals surface area contributed by atoms with Crippen molar-refractivity contribution in [3.05, 3.63) is 30.1 Å². The SMILES string of the molecule is N=C(N)C(NC(=O)Nc1cccc(F)c1)C1CCCCC1. The van der Waals surface area contributed by atoms with Crippen molar-refractivity contribution in [2.75, 3.05) is 5.32 Å². The van der Waals surface area contributed by atoms with Crippen molar-refractivity contribution in [2.24, 2.45) is 11.7 Å². The van der Waals surface area contributed by atoms with Crippen molar-refractivity contribution in [1.29, 1.82) is 5.41 Å². The maximum atomic E-state index is 13.1. The van der Waals surface area contributed by atoms with Gasteiger partial charge in [-0.05, 0) is 37.0 Å². The molecule has 6 heteroatoms. The fourth-order valence-electron chi connectivity index (χ4n) is 2.79. The first-order chi connectivity index (χ1) is 10.1. The van der Waals surface area contributed by atoms with Crippen LogP contribution >= 0.6 is 0 Å². The monoisotopic (exact) mass is 292 g/mol. The molecule has 0 bridgehead atoms. The Kier molecular flexibility index (Phi) is 5.14. The van der Waals surface area contributed by atoms with E-state index >= 15 is 0 Å². The molecule has 5 nitrogen and oxygen atoms in total. The van der Waals surface area contributed by atoms with Crippen LogP contribution in [0.1, 0.15) is 32.1 Å². The molecule has 0 aromatic heterocycles. The Labute approximate surface area is 123 Å². The standard InChI is InChI=1S/C15H21FN4O/c16-11-7-4-8-12(9-11)19-15(21)20-13(14(17)18)10-5-2-1-3-6-10/h4,7-10,13H,1-3,5-6H2,(H3,17,18)(H2,19,20,21). The molecule has 2 rings (SSSR count). The van der Waals surface area contributed by atoms with Crippen LogP contribution in [0.5, 0.6) is 0 Å². The number of nitrogens with two attached hydrogens (primary N) is 1. The highest BCUT2D eigenvalue weighted by molar-refractivity contribution is 5.94. The molecule has 5 N–H and O–H groups in total. The number of carbonyl (C=O) groups excluding carboxylic acids is 1. The summed E-state index contributed by atoms with van der Waals surface area (Å²) in [5, 5.41) is 13.0. The van der Waals surface area contributed by atoms with Gasteiger partial charge in [0.05, 0.1) is 6.04 Å². The fourth-order valence-corrected chi connectivity index (χ4v) is 2.79. The average molecular weight is 292 g/mol. The Morgan fingerprint density at radius 3 is 2.67 bits per heavy atom. The number of carbonyl (C=O) groups is 1. The average Bonchev–Trinajstić information content (AvgIpc) is 2.45. The summed E-state index contributed by atoms with van der Waals surface area (Å²) < 4.78 is 13.1. The van der Waals surface area contributed by atoms with Gasteiger partial charge in [0.15, 0.2) is 0 Å². The molecule has 0 aliphatic heterocycles. The summed E-state index contributed by atoms with van der Waals surface area (Å²) in [7, 11) is 0. The molecule has 1 aliphatic rings. The minimum absolute atomic E-state index is 0.0312. The van der Waals surface area contributed by atoms with E-state index in [0.29, 0.717) is 5.69 Å². The summed E-state index contributed by atoms with van der Waals surface area (Å²) in [6.07, 6.45) is 5.31. The van der Waals surface area contributed by atoms with Gasteiger partial charge in [0.25, 0.3) is 0 Å². The van der Waals surface area contributed by atoms with E-state index in [2.05, 4.69) is 10.6 Å². The zero-order chi connectivity index (χ0) is 15.2. The van der Waals surface area contributed by atoms with Gasteiger partial charge in [0.1, 0.15) is 11.7 Å². The number of halogens is 1. The number of amides is 2. The third-order valence-corrected chi connectivity index (χ3v) is 3.83. The third-order valence-electron chi connectivity index (χ3n) is 3.83. The van der Waals surface area contributed by atoms with E-state index in [9.17, 15) is 9.18 Å². The molecule has 1 aromatic carbocycles. The molecule has 1 unspecified atom stereocenters. The number of urea groups is 1. The Bertz CT molecular complexity index is 514. The largest absolute Gasteiger partial charge is 0.386 e. The second kappa shape index (κ2) is 7.06. The van der Waals surface area contributed by atoms with Gasteiger partial charge >= 0.3 is 6.03 Å². The van der Waals surface area contributed by atoms with Gasteiger partial charge in [-0.15, -0.1) is 0 Å². The second-order valence-corrected chi connectivity index (χ2v) is 5.44. The number of anilines is 1. The van der Waals surface area contributed by atoms with Gasteiger partial charge in [0.2, 0.25) is 0 Å². The molecule has 0 heterocycles. The van der Waals surface area contributed by atoms with E-state index < -0.39 is 17.9 Å². The van der Waals surface area contributed by atoms with E-state index in [1.807, 2.05) is 0 Å². The number of nitrogens with one attached hydrogen (secondary N) is 3. The first kappa shape index (κ1) is 15.3. The summed E-state index contributed by atoms with van der Waals surface area (Å²) in [6, 6.07) is 4.75. The molecule has 114 valence electrons. The first-order valence-corrected chi connectivity index (χ1v) is 7.23. The molecule has 0 saturated heterocycles. The summed E-state index contributed by atoms with van der Waals surface area (Å²) >= 11 is 0. The van der Waals surface area contributed by atoms with Gasteiger partial charge in [0, 0.05) is 5.69 Å². The number of amidine groups is 1. The lowest BCUT2D eigenvalue weighted by Crippen LogP contribution is -2.50. The quantitative estimate of drug-likeness (QED) is 0.507. The van der Waals surface area contributed by atoms with Crippen LogP contribution in [-0.4, -0.2) is 17.9 Å². The van der Waals surface area contributed by atoms with Crippen molar-refractivity contribution in [1.82, 2.24) is 5.32 Å². The Balaban J connectivity index is 1.96. The van der Waals surface area contributed by atoms with Crippen LogP contribution in [0, 0.1) is 17.1 Å². The van der Waals surface area contributed by atoms with Gasteiger partial charge in [-0.1, -0.05) is 25.3 Å². The number of hydrogen-bond donors (Lipinski definition) is 4. The molecular formula is C15H21FN4O. The normalized spacial score (nSPS) is 17.0. The molecule has 1 fully saturated rings. The molecule has 2 amide bonds. The lowest BCUT2D eigenvalue weighted by Gasteiger charge is -2.30. The zero-order valence-electron chi connectivity index (χ0n) is 11.9. The van der Waals surface area contributed by atoms with Crippen LogP contribution in [-0.2, 0) is 0 Å². The maximum Gasteiger partial charge on any atom is 0.319 e. The molecule has 1 saturated carbocycles. The van der Waals surface area contributed by atoms with E-state index in [0.717, 1.165) is 25.7 Å². The highest BCUT2D eigenvalue weighted by atomic mass is 19.1. The predicted molar refractivity (Wildman–Crippen MR) is 80.8 cm³/mol. The molecule has 1 aromatic rings. The van der Waals surface area contributed by atoms with Crippen molar-refractivity contribution in [3.8, 4) is 0 Å². The van der Waals surface area contributed by atoms with Gasteiger partial charge < -0.3 is 16.4 Å². The van der Waals surface area contributed by atoms with Crippen LogP contribution in [0.4, 0.5) is 14.9 Å². The Morgan fingerprint density at radius 1 is 1.33 bits per heavy atom. The minimum atomic E-state index is -0.466. The molecule has 1 atom stereocenters.